The largest absolute Gasteiger partial charge is 0.496 e. The zero-order valence-corrected chi connectivity index (χ0v) is 10.2. The summed E-state index contributed by atoms with van der Waals surface area (Å²) in [5.74, 6) is 1.04. The maximum Gasteiger partial charge on any atom is 0.114 e. The Morgan fingerprint density at radius 3 is 2.94 bits per heavy atom. The smallest absolute Gasteiger partial charge is 0.114 e. The van der Waals surface area contributed by atoms with E-state index >= 15 is 0 Å². The van der Waals surface area contributed by atoms with Crippen molar-refractivity contribution < 1.29 is 4.74 Å². The molecule has 0 radical (unpaired) electrons. The Morgan fingerprint density at radius 2 is 2.44 bits per heavy atom. The lowest BCUT2D eigenvalue weighted by Crippen LogP contribution is -2.23. The molecule has 16 heavy (non-hydrogen) atoms. The Balaban J connectivity index is 2.28. The second-order valence-corrected chi connectivity index (χ2v) is 4.04. The predicted molar refractivity (Wildman–Crippen MR) is 63.0 cm³/mol. The first-order valence-corrected chi connectivity index (χ1v) is 5.78. The van der Waals surface area contributed by atoms with Crippen LogP contribution in [0.4, 0.5) is 0 Å². The zero-order valence-electron chi connectivity index (χ0n) is 10.2. The highest BCUT2D eigenvalue weighted by atomic mass is 16.5. The summed E-state index contributed by atoms with van der Waals surface area (Å²) in [5, 5.41) is 7.73. The van der Waals surface area contributed by atoms with Crippen molar-refractivity contribution in [1.82, 2.24) is 15.1 Å². The summed E-state index contributed by atoms with van der Waals surface area (Å²) < 4.78 is 7.55. The molecule has 0 amide bonds. The number of rotatable bonds is 4. The topological polar surface area (TPSA) is 39.1 Å². The van der Waals surface area contributed by atoms with Gasteiger partial charge in [-0.05, 0) is 19.5 Å². The molecule has 0 aromatic carbocycles. The van der Waals surface area contributed by atoms with Crippen LogP contribution in [0.25, 0.3) is 0 Å². The molecule has 1 atom stereocenters. The molecule has 0 spiro atoms. The van der Waals surface area contributed by atoms with E-state index in [1.807, 2.05) is 17.9 Å². The third kappa shape index (κ3) is 1.97. The Morgan fingerprint density at radius 1 is 1.62 bits per heavy atom. The van der Waals surface area contributed by atoms with Gasteiger partial charge in [0.05, 0.1) is 18.8 Å². The maximum absolute atomic E-state index is 5.65. The van der Waals surface area contributed by atoms with Gasteiger partial charge in [-0.2, -0.15) is 5.10 Å². The van der Waals surface area contributed by atoms with E-state index < -0.39 is 0 Å². The van der Waals surface area contributed by atoms with Gasteiger partial charge in [-0.3, -0.25) is 4.68 Å². The van der Waals surface area contributed by atoms with Crippen molar-refractivity contribution in [2.24, 2.45) is 7.05 Å². The van der Waals surface area contributed by atoms with Crippen molar-refractivity contribution in [3.05, 3.63) is 29.3 Å². The quantitative estimate of drug-likeness (QED) is 0.841. The molecule has 0 fully saturated rings. The van der Waals surface area contributed by atoms with Crippen LogP contribution in [-0.2, 0) is 11.8 Å². The van der Waals surface area contributed by atoms with Crippen LogP contribution in [0.3, 0.4) is 0 Å². The number of hydrogen-bond acceptors (Lipinski definition) is 3. The van der Waals surface area contributed by atoms with E-state index in [0.29, 0.717) is 0 Å². The molecule has 1 aromatic rings. The highest BCUT2D eigenvalue weighted by Crippen LogP contribution is 2.28. The Hall–Kier alpha value is -1.29. The normalized spacial score (nSPS) is 17.1. The summed E-state index contributed by atoms with van der Waals surface area (Å²) in [4.78, 5) is 0. The van der Waals surface area contributed by atoms with Gasteiger partial charge in [0.1, 0.15) is 5.76 Å². The fraction of sp³-hybridized carbons (Fsp3) is 0.583. The van der Waals surface area contributed by atoms with Crippen LogP contribution in [-0.4, -0.2) is 22.9 Å². The first-order chi connectivity index (χ1) is 7.74. The van der Waals surface area contributed by atoms with Crippen LogP contribution in [0.15, 0.2) is 18.0 Å². The average molecular weight is 221 g/mol. The van der Waals surface area contributed by atoms with Gasteiger partial charge < -0.3 is 10.1 Å². The lowest BCUT2D eigenvalue weighted by molar-refractivity contribution is 0.216. The van der Waals surface area contributed by atoms with E-state index in [4.69, 9.17) is 4.74 Å². The monoisotopic (exact) mass is 221 g/mol. The van der Waals surface area contributed by atoms with Gasteiger partial charge in [-0.25, -0.2) is 0 Å². The predicted octanol–water partition coefficient (Wildman–Crippen LogP) is 1.68. The number of nitrogens with one attached hydrogen (secondary N) is 1. The van der Waals surface area contributed by atoms with E-state index in [2.05, 4.69) is 30.3 Å². The molecule has 1 aliphatic heterocycles. The van der Waals surface area contributed by atoms with Crippen molar-refractivity contribution >= 4 is 0 Å². The molecule has 4 nitrogen and oxygen atoms in total. The van der Waals surface area contributed by atoms with Gasteiger partial charge in [0.2, 0.25) is 0 Å². The molecule has 0 saturated heterocycles. The fourth-order valence-corrected chi connectivity index (χ4v) is 2.01. The first kappa shape index (κ1) is 11.2. The number of hydrogen-bond donors (Lipinski definition) is 1. The number of ether oxygens (including phenoxy) is 1. The van der Waals surface area contributed by atoms with Crippen molar-refractivity contribution in [1.29, 1.82) is 0 Å². The summed E-state index contributed by atoms with van der Waals surface area (Å²) in [6, 6.07) is 0.154. The van der Waals surface area contributed by atoms with Gasteiger partial charge in [0.25, 0.3) is 0 Å². The number of aryl methyl sites for hydroxylation is 1. The number of likely N-dealkylation sites (N-methyl/N-ethyl adjacent to an activating group) is 1. The lowest BCUT2D eigenvalue weighted by atomic mass is 10.1. The Bertz CT molecular complexity index is 395. The standard InChI is InChI=1S/C12H19N3O/c1-4-13-12(11-6-5-7-16-11)10-8-14-15(3)9(10)2/h6,8,12-13H,4-5,7H2,1-3H3. The van der Waals surface area contributed by atoms with Crippen LogP contribution in [0.5, 0.6) is 0 Å². The van der Waals surface area contributed by atoms with Crippen LogP contribution in [0.2, 0.25) is 0 Å². The highest BCUT2D eigenvalue weighted by Gasteiger charge is 2.23. The zero-order chi connectivity index (χ0) is 11.5. The van der Waals surface area contributed by atoms with Crippen LogP contribution < -0.4 is 5.32 Å². The summed E-state index contributed by atoms with van der Waals surface area (Å²) in [7, 11) is 1.96. The summed E-state index contributed by atoms with van der Waals surface area (Å²) in [5.41, 5.74) is 2.39. The third-order valence-electron chi connectivity index (χ3n) is 3.01. The molecule has 0 aliphatic carbocycles. The molecule has 0 saturated carbocycles. The van der Waals surface area contributed by atoms with Crippen molar-refractivity contribution in [3.63, 3.8) is 0 Å². The molecule has 2 rings (SSSR count). The molecule has 4 heteroatoms. The van der Waals surface area contributed by atoms with Crippen molar-refractivity contribution in [3.8, 4) is 0 Å². The van der Waals surface area contributed by atoms with Crippen LogP contribution >= 0.6 is 0 Å². The number of nitrogens with zero attached hydrogens (tertiary/aromatic N) is 2. The minimum atomic E-state index is 0.154. The highest BCUT2D eigenvalue weighted by molar-refractivity contribution is 5.28. The SMILES string of the molecule is CCNC(C1=CCCO1)c1cnn(C)c1C. The molecular weight excluding hydrogens is 202 g/mol. The lowest BCUT2D eigenvalue weighted by Gasteiger charge is -2.18. The van der Waals surface area contributed by atoms with Crippen molar-refractivity contribution in [2.75, 3.05) is 13.2 Å². The molecule has 1 aromatic heterocycles. The van der Waals surface area contributed by atoms with Crippen LogP contribution in [0.1, 0.15) is 30.6 Å². The van der Waals surface area contributed by atoms with Crippen molar-refractivity contribution in [2.45, 2.75) is 26.3 Å². The Labute approximate surface area is 96.3 Å². The van der Waals surface area contributed by atoms with Gasteiger partial charge in [0, 0.05) is 24.7 Å². The molecule has 1 unspecified atom stereocenters. The summed E-state index contributed by atoms with van der Waals surface area (Å²) in [6.45, 7) is 5.91. The molecule has 2 heterocycles. The van der Waals surface area contributed by atoms with Gasteiger partial charge in [-0.1, -0.05) is 6.92 Å². The summed E-state index contributed by atoms with van der Waals surface area (Å²) in [6.07, 6.45) is 5.10. The van der Waals surface area contributed by atoms with E-state index in [1.165, 1.54) is 11.3 Å². The fourth-order valence-electron chi connectivity index (χ4n) is 2.01. The third-order valence-corrected chi connectivity index (χ3v) is 3.01. The van der Waals surface area contributed by atoms with E-state index in [1.54, 1.807) is 0 Å². The van der Waals surface area contributed by atoms with Gasteiger partial charge in [-0.15, -0.1) is 0 Å². The molecule has 88 valence electrons. The van der Waals surface area contributed by atoms with E-state index in [-0.39, 0.29) is 6.04 Å². The van der Waals surface area contributed by atoms with Gasteiger partial charge >= 0.3 is 0 Å². The minimum absolute atomic E-state index is 0.154. The van der Waals surface area contributed by atoms with E-state index in [0.717, 1.165) is 25.3 Å². The maximum atomic E-state index is 5.65. The second-order valence-electron chi connectivity index (χ2n) is 4.04. The molecular formula is C12H19N3O. The average Bonchev–Trinajstić information content (AvgIpc) is 2.89. The second kappa shape index (κ2) is 4.70. The number of aromatic nitrogens is 2. The molecule has 1 aliphatic rings. The summed E-state index contributed by atoms with van der Waals surface area (Å²) >= 11 is 0. The Kier molecular flexibility index (Phi) is 3.29. The first-order valence-electron chi connectivity index (χ1n) is 5.78. The van der Waals surface area contributed by atoms with Gasteiger partial charge in [0.15, 0.2) is 0 Å². The molecule has 0 bridgehead atoms. The minimum Gasteiger partial charge on any atom is -0.496 e. The van der Waals surface area contributed by atoms with E-state index in [9.17, 15) is 0 Å². The molecule has 1 N–H and O–H groups in total. The van der Waals surface area contributed by atoms with Crippen LogP contribution in [0, 0.1) is 6.92 Å².